The van der Waals surface area contributed by atoms with Gasteiger partial charge in [0.05, 0.1) is 11.9 Å². The van der Waals surface area contributed by atoms with E-state index in [0.29, 0.717) is 31.8 Å². The summed E-state index contributed by atoms with van der Waals surface area (Å²) >= 11 is 0. The Morgan fingerprint density at radius 3 is 2.24 bits per heavy atom. The number of hydrogen-bond donors (Lipinski definition) is 1. The van der Waals surface area contributed by atoms with Crippen molar-refractivity contribution in [2.24, 2.45) is 7.05 Å². The lowest BCUT2D eigenvalue weighted by Gasteiger charge is -2.37. The Morgan fingerprint density at radius 1 is 0.921 bits per heavy atom. The van der Waals surface area contributed by atoms with E-state index >= 15 is 0 Å². The molecule has 0 bridgehead atoms. The van der Waals surface area contributed by atoms with Crippen LogP contribution in [0.5, 0.6) is 5.75 Å². The number of esters is 1. The number of hydrazine groups is 1. The van der Waals surface area contributed by atoms with Crippen molar-refractivity contribution >= 4 is 22.8 Å². The lowest BCUT2D eigenvalue weighted by Crippen LogP contribution is -2.54. The largest absolute Gasteiger partial charge is 0.424 e. The number of para-hydroxylation sites is 1. The van der Waals surface area contributed by atoms with Crippen LogP contribution in [0.4, 0.5) is 0 Å². The van der Waals surface area contributed by atoms with Crippen molar-refractivity contribution in [1.82, 2.24) is 19.9 Å². The highest BCUT2D eigenvalue weighted by Crippen LogP contribution is 2.27. The Morgan fingerprint density at radius 2 is 1.55 bits per heavy atom. The normalized spacial score (nSPS) is 12.1. The van der Waals surface area contributed by atoms with Crippen molar-refractivity contribution in [3.63, 3.8) is 0 Å². The predicted molar refractivity (Wildman–Crippen MR) is 150 cm³/mol. The molecular weight excluding hydrogens is 476 g/mol. The van der Waals surface area contributed by atoms with Crippen LogP contribution in [-0.2, 0) is 29.6 Å². The summed E-state index contributed by atoms with van der Waals surface area (Å²) in [6.07, 6.45) is 2.58. The van der Waals surface area contributed by atoms with E-state index in [4.69, 9.17) is 4.74 Å². The van der Waals surface area contributed by atoms with Crippen LogP contribution in [0.3, 0.4) is 0 Å². The zero-order valence-electron chi connectivity index (χ0n) is 22.3. The van der Waals surface area contributed by atoms with Crippen molar-refractivity contribution in [2.45, 2.75) is 32.4 Å². The van der Waals surface area contributed by atoms with Gasteiger partial charge in [-0.1, -0.05) is 79.7 Å². The van der Waals surface area contributed by atoms with E-state index in [1.54, 1.807) is 0 Å². The van der Waals surface area contributed by atoms with Crippen LogP contribution in [0, 0.1) is 0 Å². The minimum atomic E-state index is -0.426. The van der Waals surface area contributed by atoms with Crippen molar-refractivity contribution in [3.05, 3.63) is 102 Å². The van der Waals surface area contributed by atoms with Gasteiger partial charge in [-0.15, -0.1) is 0 Å². The average molecular weight is 513 g/mol. The minimum absolute atomic E-state index is 0.0512. The number of aryl methyl sites for hydroxylation is 1. The molecule has 0 aliphatic heterocycles. The Balaban J connectivity index is 1.42. The van der Waals surface area contributed by atoms with E-state index in [1.807, 2.05) is 127 Å². The fraction of sp³-hybridized carbons (Fsp3) is 0.290. The van der Waals surface area contributed by atoms with Gasteiger partial charge in [0.15, 0.2) is 5.75 Å². The summed E-state index contributed by atoms with van der Waals surface area (Å²) in [6.45, 7) is 3.52. The molecule has 1 aromatic heterocycles. The van der Waals surface area contributed by atoms with Gasteiger partial charge in [0.1, 0.15) is 6.04 Å². The Labute approximate surface area is 224 Å². The molecule has 4 aromatic rings. The molecule has 0 unspecified atom stereocenters. The van der Waals surface area contributed by atoms with Gasteiger partial charge < -0.3 is 14.6 Å². The number of amides is 1. The van der Waals surface area contributed by atoms with Crippen LogP contribution in [0.2, 0.25) is 0 Å². The highest BCUT2D eigenvalue weighted by Gasteiger charge is 2.28. The Bertz CT molecular complexity index is 1340. The molecule has 38 heavy (non-hydrogen) atoms. The zero-order valence-corrected chi connectivity index (χ0v) is 22.3. The molecule has 0 saturated carbocycles. The lowest BCUT2D eigenvalue weighted by molar-refractivity contribution is -0.139. The second kappa shape index (κ2) is 13.0. The van der Waals surface area contributed by atoms with Gasteiger partial charge in [-0.3, -0.25) is 9.59 Å². The van der Waals surface area contributed by atoms with Crippen LogP contribution >= 0.6 is 0 Å². The van der Waals surface area contributed by atoms with Gasteiger partial charge in [-0.2, -0.15) is 0 Å². The monoisotopic (exact) mass is 512 g/mol. The van der Waals surface area contributed by atoms with Gasteiger partial charge in [-0.05, 0) is 29.7 Å². The highest BCUT2D eigenvalue weighted by molar-refractivity contribution is 5.89. The van der Waals surface area contributed by atoms with E-state index in [-0.39, 0.29) is 18.3 Å². The van der Waals surface area contributed by atoms with Crippen molar-refractivity contribution in [1.29, 1.82) is 0 Å². The van der Waals surface area contributed by atoms with Crippen molar-refractivity contribution in [3.8, 4) is 5.75 Å². The first-order chi connectivity index (χ1) is 18.5. The number of carbonyl (C=O) groups is 2. The standard InChI is InChI=1S/C31H36N4O3/c1-4-35(34(3)20-19-30(36)38-29-23-33(2)27-18-12-11-17-26(27)29)28(21-24-13-7-5-8-14-24)31(37)32-22-25-15-9-6-10-16-25/h5-18,23,28H,4,19-22H2,1-3H3,(H,32,37)/t28-/m0/s1. The van der Waals surface area contributed by atoms with Gasteiger partial charge in [-0.25, -0.2) is 10.0 Å². The number of nitrogens with zero attached hydrogens (tertiary/aromatic N) is 3. The SMILES string of the molecule is CCN([C@@H](Cc1ccccc1)C(=O)NCc1ccccc1)N(C)CCC(=O)Oc1cn(C)c2ccccc12. The summed E-state index contributed by atoms with van der Waals surface area (Å²) in [7, 11) is 3.85. The van der Waals surface area contributed by atoms with Crippen LogP contribution < -0.4 is 10.1 Å². The summed E-state index contributed by atoms with van der Waals surface area (Å²) in [5.74, 6) is 0.201. The average Bonchev–Trinajstić information content (AvgIpc) is 3.26. The first-order valence-corrected chi connectivity index (χ1v) is 13.0. The molecule has 0 spiro atoms. The quantitative estimate of drug-likeness (QED) is 0.223. The van der Waals surface area contributed by atoms with Crippen LogP contribution in [-0.4, -0.2) is 52.6 Å². The second-order valence-corrected chi connectivity index (χ2v) is 9.39. The number of hydrogen-bond acceptors (Lipinski definition) is 5. The predicted octanol–water partition coefficient (Wildman–Crippen LogP) is 4.57. The maximum Gasteiger partial charge on any atom is 0.312 e. The summed E-state index contributed by atoms with van der Waals surface area (Å²) in [6, 6.07) is 27.3. The van der Waals surface area contributed by atoms with E-state index in [0.717, 1.165) is 22.0 Å². The van der Waals surface area contributed by atoms with Crippen molar-refractivity contribution < 1.29 is 14.3 Å². The topological polar surface area (TPSA) is 66.8 Å². The molecule has 0 radical (unpaired) electrons. The van der Waals surface area contributed by atoms with Crippen LogP contribution in [0.25, 0.3) is 10.9 Å². The molecule has 7 nitrogen and oxygen atoms in total. The number of carbonyl (C=O) groups excluding carboxylic acids is 2. The number of fused-ring (bicyclic) bond motifs is 1. The molecule has 0 aliphatic carbocycles. The summed E-state index contributed by atoms with van der Waals surface area (Å²) in [5.41, 5.74) is 3.14. The molecule has 1 N–H and O–H groups in total. The van der Waals surface area contributed by atoms with Gasteiger partial charge in [0.25, 0.3) is 0 Å². The maximum absolute atomic E-state index is 13.5. The lowest BCUT2D eigenvalue weighted by atomic mass is 10.0. The summed E-state index contributed by atoms with van der Waals surface area (Å²) < 4.78 is 7.67. The third-order valence-corrected chi connectivity index (χ3v) is 6.73. The molecule has 198 valence electrons. The molecule has 0 saturated heterocycles. The minimum Gasteiger partial charge on any atom is -0.424 e. The molecule has 0 aliphatic rings. The molecule has 7 heteroatoms. The van der Waals surface area contributed by atoms with Crippen LogP contribution in [0.1, 0.15) is 24.5 Å². The zero-order chi connectivity index (χ0) is 26.9. The summed E-state index contributed by atoms with van der Waals surface area (Å²) in [4.78, 5) is 26.2. The number of likely N-dealkylation sites (N-methyl/N-ethyl adjacent to an activating group) is 1. The van der Waals surface area contributed by atoms with Gasteiger partial charge in [0.2, 0.25) is 5.91 Å². The molecule has 3 aromatic carbocycles. The fourth-order valence-electron chi connectivity index (χ4n) is 4.71. The van der Waals surface area contributed by atoms with Crippen LogP contribution in [0.15, 0.2) is 91.1 Å². The number of rotatable bonds is 12. The maximum atomic E-state index is 13.5. The fourth-order valence-corrected chi connectivity index (χ4v) is 4.71. The number of benzene rings is 3. The first-order valence-electron chi connectivity index (χ1n) is 13.0. The van der Waals surface area contributed by atoms with E-state index in [2.05, 4.69) is 5.32 Å². The Kier molecular flexibility index (Phi) is 9.30. The molecule has 0 fully saturated rings. The third-order valence-electron chi connectivity index (χ3n) is 6.73. The molecule has 1 atom stereocenters. The number of nitrogens with one attached hydrogen (secondary N) is 1. The van der Waals surface area contributed by atoms with Crippen molar-refractivity contribution in [2.75, 3.05) is 20.1 Å². The van der Waals surface area contributed by atoms with E-state index in [1.165, 1.54) is 0 Å². The third kappa shape index (κ3) is 6.88. The van der Waals surface area contributed by atoms with E-state index in [9.17, 15) is 9.59 Å². The van der Waals surface area contributed by atoms with Gasteiger partial charge in [0, 0.05) is 45.3 Å². The molecular formula is C31H36N4O3. The molecule has 1 amide bonds. The molecule has 1 heterocycles. The van der Waals surface area contributed by atoms with Gasteiger partial charge >= 0.3 is 5.97 Å². The summed E-state index contributed by atoms with van der Waals surface area (Å²) in [5, 5.41) is 8.00. The number of aromatic nitrogens is 1. The second-order valence-electron chi connectivity index (χ2n) is 9.39. The number of ether oxygens (including phenoxy) is 1. The highest BCUT2D eigenvalue weighted by atomic mass is 16.5. The van der Waals surface area contributed by atoms with E-state index < -0.39 is 6.04 Å². The Hall–Kier alpha value is -3.94. The first kappa shape index (κ1) is 27.1. The smallest absolute Gasteiger partial charge is 0.312 e. The molecule has 4 rings (SSSR count).